The summed E-state index contributed by atoms with van der Waals surface area (Å²) in [5.41, 5.74) is 7.79. The number of pyridine rings is 1. The van der Waals surface area contributed by atoms with Crippen molar-refractivity contribution in [1.29, 1.82) is 0 Å². The van der Waals surface area contributed by atoms with Gasteiger partial charge in [-0.3, -0.25) is 9.88 Å². The molecule has 0 amide bonds. The molecule has 0 fully saturated rings. The Hall–Kier alpha value is -3.51. The van der Waals surface area contributed by atoms with E-state index in [4.69, 9.17) is 4.98 Å². The van der Waals surface area contributed by atoms with Gasteiger partial charge in [-0.15, -0.1) is 0 Å². The largest absolute Gasteiger partial charge is 0.294 e. The Balaban J connectivity index is 1.27. The normalized spacial score (nSPS) is 13.8. The first kappa shape index (κ1) is 18.5. The molecule has 0 aliphatic carbocycles. The highest BCUT2D eigenvalue weighted by molar-refractivity contribution is 5.59. The molecule has 0 saturated carbocycles. The lowest BCUT2D eigenvalue weighted by Gasteiger charge is -2.28. The molecule has 5 rings (SSSR count). The van der Waals surface area contributed by atoms with Crippen molar-refractivity contribution < 1.29 is 0 Å². The van der Waals surface area contributed by atoms with Crippen LogP contribution in [0.4, 0.5) is 0 Å². The van der Waals surface area contributed by atoms with Crippen molar-refractivity contribution in [3.8, 4) is 22.6 Å². The molecule has 0 bridgehead atoms. The standard InChI is InChI=1S/C24H22N6/c1-17-2-5-19(6-3-17)22-7-4-18(10-27-22)14-30-9-8-23-21(15-30)13-28-24(29-23)20-11-25-16-26-12-20/h2-7,10-13,16H,8-9,14-15H2,1H3. The summed E-state index contributed by atoms with van der Waals surface area (Å²) in [6, 6.07) is 12.8. The number of hydrogen-bond donors (Lipinski definition) is 0. The zero-order chi connectivity index (χ0) is 20.3. The van der Waals surface area contributed by atoms with E-state index in [0.717, 1.165) is 48.6 Å². The van der Waals surface area contributed by atoms with Crippen LogP contribution in [-0.2, 0) is 19.5 Å². The molecule has 0 atom stereocenters. The van der Waals surface area contributed by atoms with Crippen LogP contribution in [-0.4, -0.2) is 36.4 Å². The topological polar surface area (TPSA) is 67.7 Å². The van der Waals surface area contributed by atoms with Crippen LogP contribution in [0.25, 0.3) is 22.6 Å². The van der Waals surface area contributed by atoms with Crippen LogP contribution >= 0.6 is 0 Å². The van der Waals surface area contributed by atoms with Crippen molar-refractivity contribution >= 4 is 0 Å². The molecule has 30 heavy (non-hydrogen) atoms. The molecule has 6 heteroatoms. The third-order valence-electron chi connectivity index (χ3n) is 5.41. The highest BCUT2D eigenvalue weighted by atomic mass is 15.1. The van der Waals surface area contributed by atoms with E-state index in [-0.39, 0.29) is 0 Å². The molecule has 6 nitrogen and oxygen atoms in total. The molecule has 3 aromatic heterocycles. The van der Waals surface area contributed by atoms with E-state index in [0.29, 0.717) is 5.82 Å². The lowest BCUT2D eigenvalue weighted by molar-refractivity contribution is 0.242. The smallest absolute Gasteiger partial charge is 0.162 e. The molecule has 0 radical (unpaired) electrons. The van der Waals surface area contributed by atoms with E-state index in [1.54, 1.807) is 12.4 Å². The first-order chi connectivity index (χ1) is 14.7. The predicted molar refractivity (Wildman–Crippen MR) is 115 cm³/mol. The fourth-order valence-electron chi connectivity index (χ4n) is 3.73. The van der Waals surface area contributed by atoms with Gasteiger partial charge < -0.3 is 0 Å². The SMILES string of the molecule is Cc1ccc(-c2ccc(CN3CCc4nc(-c5cncnc5)ncc4C3)cn2)cc1. The van der Waals surface area contributed by atoms with Crippen molar-refractivity contribution in [3.63, 3.8) is 0 Å². The van der Waals surface area contributed by atoms with Crippen molar-refractivity contribution in [2.45, 2.75) is 26.4 Å². The first-order valence-corrected chi connectivity index (χ1v) is 10.1. The monoisotopic (exact) mass is 394 g/mol. The van der Waals surface area contributed by atoms with Crippen LogP contribution in [0.2, 0.25) is 0 Å². The van der Waals surface area contributed by atoms with Crippen LogP contribution in [0.1, 0.15) is 22.4 Å². The summed E-state index contributed by atoms with van der Waals surface area (Å²) in [4.78, 5) is 24.5. The molecule has 0 N–H and O–H groups in total. The second-order valence-electron chi connectivity index (χ2n) is 7.67. The zero-order valence-corrected chi connectivity index (χ0v) is 16.9. The Morgan fingerprint density at radius 2 is 1.70 bits per heavy atom. The quantitative estimate of drug-likeness (QED) is 0.524. The van der Waals surface area contributed by atoms with E-state index in [9.17, 15) is 0 Å². The number of hydrogen-bond acceptors (Lipinski definition) is 6. The van der Waals surface area contributed by atoms with E-state index in [1.807, 2.05) is 12.4 Å². The molecule has 1 aliphatic rings. The summed E-state index contributed by atoms with van der Waals surface area (Å²) in [5.74, 6) is 0.693. The third kappa shape index (κ3) is 3.95. The summed E-state index contributed by atoms with van der Waals surface area (Å²) < 4.78 is 0. The molecule has 1 aromatic carbocycles. The minimum absolute atomic E-state index is 0.693. The maximum atomic E-state index is 4.75. The Bertz CT molecular complexity index is 1140. The fourth-order valence-corrected chi connectivity index (χ4v) is 3.73. The summed E-state index contributed by atoms with van der Waals surface area (Å²) in [6.07, 6.45) is 9.85. The number of fused-ring (bicyclic) bond motifs is 1. The summed E-state index contributed by atoms with van der Waals surface area (Å²) in [6.45, 7) is 4.78. The highest BCUT2D eigenvalue weighted by Gasteiger charge is 2.19. The molecule has 148 valence electrons. The average Bonchev–Trinajstić information content (AvgIpc) is 2.80. The second-order valence-corrected chi connectivity index (χ2v) is 7.67. The number of benzene rings is 1. The van der Waals surface area contributed by atoms with Gasteiger partial charge in [-0.1, -0.05) is 35.9 Å². The fraction of sp³-hybridized carbons (Fsp3) is 0.208. The van der Waals surface area contributed by atoms with Crippen LogP contribution in [0.15, 0.2) is 67.5 Å². The number of aromatic nitrogens is 5. The van der Waals surface area contributed by atoms with Crippen molar-refractivity contribution in [2.24, 2.45) is 0 Å². The van der Waals surface area contributed by atoms with Gasteiger partial charge in [-0.05, 0) is 18.6 Å². The molecule has 1 aliphatic heterocycles. The lowest BCUT2D eigenvalue weighted by atomic mass is 10.1. The van der Waals surface area contributed by atoms with Gasteiger partial charge >= 0.3 is 0 Å². The van der Waals surface area contributed by atoms with Gasteiger partial charge in [-0.25, -0.2) is 19.9 Å². The molecule has 0 spiro atoms. The van der Waals surface area contributed by atoms with Gasteiger partial charge in [0.05, 0.1) is 17.0 Å². The number of rotatable bonds is 4. The summed E-state index contributed by atoms with van der Waals surface area (Å²) in [7, 11) is 0. The molecule has 4 heterocycles. The Kier molecular flexibility index (Phi) is 4.99. The molecular weight excluding hydrogens is 372 g/mol. The van der Waals surface area contributed by atoms with Crippen LogP contribution < -0.4 is 0 Å². The Labute approximate surface area is 175 Å². The van der Waals surface area contributed by atoms with Crippen molar-refractivity contribution in [3.05, 3.63) is 89.9 Å². The van der Waals surface area contributed by atoms with Gasteiger partial charge in [0.2, 0.25) is 0 Å². The zero-order valence-electron chi connectivity index (χ0n) is 16.9. The van der Waals surface area contributed by atoms with E-state index < -0.39 is 0 Å². The minimum Gasteiger partial charge on any atom is -0.294 e. The average molecular weight is 394 g/mol. The molecular formula is C24H22N6. The highest BCUT2D eigenvalue weighted by Crippen LogP contribution is 2.22. The van der Waals surface area contributed by atoms with Crippen LogP contribution in [0.5, 0.6) is 0 Å². The number of aryl methyl sites for hydroxylation is 1. The molecule has 0 saturated heterocycles. The van der Waals surface area contributed by atoms with Crippen LogP contribution in [0, 0.1) is 6.92 Å². The molecule has 4 aromatic rings. The van der Waals surface area contributed by atoms with Gasteiger partial charge in [0.1, 0.15) is 6.33 Å². The summed E-state index contributed by atoms with van der Waals surface area (Å²) in [5, 5.41) is 0. The predicted octanol–water partition coefficient (Wildman–Crippen LogP) is 3.86. The van der Waals surface area contributed by atoms with Gasteiger partial charge in [0.25, 0.3) is 0 Å². The minimum atomic E-state index is 0.693. The number of nitrogens with zero attached hydrogens (tertiary/aromatic N) is 6. The van der Waals surface area contributed by atoms with Gasteiger partial charge in [0.15, 0.2) is 5.82 Å². The van der Waals surface area contributed by atoms with E-state index in [2.05, 4.69) is 68.2 Å². The first-order valence-electron chi connectivity index (χ1n) is 10.1. The Morgan fingerprint density at radius 1 is 0.867 bits per heavy atom. The van der Waals surface area contributed by atoms with Crippen molar-refractivity contribution in [1.82, 2.24) is 29.8 Å². The second kappa shape index (κ2) is 8.08. The Morgan fingerprint density at radius 3 is 2.47 bits per heavy atom. The third-order valence-corrected chi connectivity index (χ3v) is 5.41. The van der Waals surface area contributed by atoms with Gasteiger partial charge in [-0.2, -0.15) is 0 Å². The maximum absolute atomic E-state index is 4.75. The van der Waals surface area contributed by atoms with E-state index in [1.165, 1.54) is 23.0 Å². The maximum Gasteiger partial charge on any atom is 0.162 e. The lowest BCUT2D eigenvalue weighted by Crippen LogP contribution is -2.31. The molecule has 0 unspecified atom stereocenters. The van der Waals surface area contributed by atoms with Gasteiger partial charge in [0, 0.05) is 62.0 Å². The van der Waals surface area contributed by atoms with Crippen molar-refractivity contribution in [2.75, 3.05) is 6.54 Å². The summed E-state index contributed by atoms with van der Waals surface area (Å²) >= 11 is 0. The van der Waals surface area contributed by atoms with Crippen LogP contribution in [0.3, 0.4) is 0 Å². The van der Waals surface area contributed by atoms with E-state index >= 15 is 0 Å².